The molecule has 146 valence electrons. The summed E-state index contributed by atoms with van der Waals surface area (Å²) < 4.78 is 27.3. The van der Waals surface area contributed by atoms with Crippen molar-refractivity contribution < 1.29 is 13.2 Å². The Balaban J connectivity index is 1.39. The smallest absolute Gasteiger partial charge is 0.267 e. The third-order valence-corrected chi connectivity index (χ3v) is 5.78. The maximum absolute atomic E-state index is 12.4. The number of nitrogens with zero attached hydrogens (tertiary/aromatic N) is 1. The summed E-state index contributed by atoms with van der Waals surface area (Å²) in [5.74, 6) is -0.227. The van der Waals surface area contributed by atoms with Crippen LogP contribution in [0, 0.1) is 0 Å². The fraction of sp³-hybridized carbons (Fsp3) is 0.0476. The lowest BCUT2D eigenvalue weighted by Gasteiger charge is -2.09. The zero-order valence-corrected chi connectivity index (χ0v) is 16.1. The number of H-pyrrole nitrogens is 1. The molecule has 0 fully saturated rings. The molecule has 8 heteroatoms. The SMILES string of the molecule is O=C(NCc1ccc(NS(=O)(=O)c2ccccc2)cc1)c1cc2cnccc2[nH]1. The summed E-state index contributed by atoms with van der Waals surface area (Å²) in [5.41, 5.74) is 2.60. The fourth-order valence-corrected chi connectivity index (χ4v) is 3.96. The molecule has 0 aliphatic rings. The summed E-state index contributed by atoms with van der Waals surface area (Å²) >= 11 is 0. The second-order valence-electron chi connectivity index (χ2n) is 6.44. The van der Waals surface area contributed by atoms with Gasteiger partial charge in [0.05, 0.1) is 4.90 Å². The number of benzene rings is 2. The predicted molar refractivity (Wildman–Crippen MR) is 111 cm³/mol. The summed E-state index contributed by atoms with van der Waals surface area (Å²) in [6, 6.07) is 18.6. The van der Waals surface area contributed by atoms with Crippen molar-refractivity contribution in [3.8, 4) is 0 Å². The Labute approximate surface area is 167 Å². The minimum atomic E-state index is -3.63. The Morgan fingerprint density at radius 3 is 2.48 bits per heavy atom. The highest BCUT2D eigenvalue weighted by Gasteiger charge is 2.13. The molecule has 0 spiro atoms. The van der Waals surface area contributed by atoms with Crippen molar-refractivity contribution >= 4 is 32.5 Å². The van der Waals surface area contributed by atoms with Crippen molar-refractivity contribution in [1.82, 2.24) is 15.3 Å². The number of sulfonamides is 1. The first-order valence-electron chi connectivity index (χ1n) is 8.89. The monoisotopic (exact) mass is 406 g/mol. The number of hydrogen-bond acceptors (Lipinski definition) is 4. The largest absolute Gasteiger partial charge is 0.350 e. The highest BCUT2D eigenvalue weighted by Crippen LogP contribution is 2.17. The number of amides is 1. The van der Waals surface area contributed by atoms with E-state index in [4.69, 9.17) is 0 Å². The van der Waals surface area contributed by atoms with Gasteiger partial charge in [-0.25, -0.2) is 8.42 Å². The van der Waals surface area contributed by atoms with Gasteiger partial charge in [-0.05, 0) is 42.0 Å². The van der Waals surface area contributed by atoms with Crippen LogP contribution in [-0.4, -0.2) is 24.3 Å². The van der Waals surface area contributed by atoms with E-state index in [1.807, 2.05) is 0 Å². The number of pyridine rings is 1. The number of hydrogen-bond donors (Lipinski definition) is 3. The molecule has 7 nitrogen and oxygen atoms in total. The number of anilines is 1. The van der Waals surface area contributed by atoms with Crippen LogP contribution < -0.4 is 10.0 Å². The Kier molecular flexibility index (Phi) is 5.01. The average molecular weight is 406 g/mol. The molecule has 3 N–H and O–H groups in total. The molecule has 0 atom stereocenters. The lowest BCUT2D eigenvalue weighted by atomic mass is 10.2. The van der Waals surface area contributed by atoms with E-state index >= 15 is 0 Å². The second-order valence-corrected chi connectivity index (χ2v) is 8.13. The number of fused-ring (bicyclic) bond motifs is 1. The zero-order valence-electron chi connectivity index (χ0n) is 15.3. The molecule has 29 heavy (non-hydrogen) atoms. The van der Waals surface area contributed by atoms with Gasteiger partial charge in [0.1, 0.15) is 5.69 Å². The van der Waals surface area contributed by atoms with Gasteiger partial charge in [-0.2, -0.15) is 0 Å². The van der Waals surface area contributed by atoms with Crippen LogP contribution in [0.25, 0.3) is 10.9 Å². The molecule has 0 aliphatic carbocycles. The van der Waals surface area contributed by atoms with E-state index in [-0.39, 0.29) is 10.8 Å². The first-order chi connectivity index (χ1) is 14.0. The van der Waals surface area contributed by atoms with Crippen LogP contribution in [-0.2, 0) is 16.6 Å². The van der Waals surface area contributed by atoms with Crippen molar-refractivity contribution in [2.24, 2.45) is 0 Å². The van der Waals surface area contributed by atoms with Crippen molar-refractivity contribution in [3.63, 3.8) is 0 Å². The van der Waals surface area contributed by atoms with Crippen LogP contribution in [0.3, 0.4) is 0 Å². The first-order valence-corrected chi connectivity index (χ1v) is 10.4. The molecule has 1 amide bonds. The van der Waals surface area contributed by atoms with E-state index in [0.29, 0.717) is 17.9 Å². The van der Waals surface area contributed by atoms with Gasteiger partial charge in [0.2, 0.25) is 0 Å². The molecule has 2 aromatic carbocycles. The Bertz CT molecular complexity index is 1220. The summed E-state index contributed by atoms with van der Waals surface area (Å²) in [6.45, 7) is 0.318. The van der Waals surface area contributed by atoms with Crippen LogP contribution in [0.1, 0.15) is 16.1 Å². The van der Waals surface area contributed by atoms with Crippen molar-refractivity contribution in [1.29, 1.82) is 0 Å². The standard InChI is InChI=1S/C21H18N4O3S/c26-21(20-12-16-14-22-11-10-19(16)24-20)23-13-15-6-8-17(9-7-15)25-29(27,28)18-4-2-1-3-5-18/h1-12,14,24-25H,13H2,(H,23,26). The average Bonchev–Trinajstić information content (AvgIpc) is 3.18. The molecule has 4 rings (SSSR count). The number of rotatable bonds is 6. The molecular weight excluding hydrogens is 388 g/mol. The van der Waals surface area contributed by atoms with E-state index in [1.54, 1.807) is 67.0 Å². The van der Waals surface area contributed by atoms with Gasteiger partial charge in [0.25, 0.3) is 15.9 Å². The molecule has 0 unspecified atom stereocenters. The Morgan fingerprint density at radius 2 is 1.76 bits per heavy atom. The zero-order chi connectivity index (χ0) is 20.3. The van der Waals surface area contributed by atoms with Crippen molar-refractivity contribution in [3.05, 3.63) is 90.4 Å². The third kappa shape index (κ3) is 4.27. The summed E-state index contributed by atoms with van der Waals surface area (Å²) in [6.07, 6.45) is 3.35. The molecule has 0 saturated heterocycles. The molecule has 0 radical (unpaired) electrons. The highest BCUT2D eigenvalue weighted by molar-refractivity contribution is 7.92. The van der Waals surface area contributed by atoms with E-state index in [2.05, 4.69) is 20.0 Å². The molecule has 2 heterocycles. The number of carbonyl (C=O) groups excluding carboxylic acids is 1. The van der Waals surface area contributed by atoms with E-state index < -0.39 is 10.0 Å². The Hall–Kier alpha value is -3.65. The van der Waals surface area contributed by atoms with Crippen LogP contribution in [0.4, 0.5) is 5.69 Å². The summed E-state index contributed by atoms with van der Waals surface area (Å²) in [4.78, 5) is 19.6. The second kappa shape index (κ2) is 7.76. The maximum atomic E-state index is 12.4. The topological polar surface area (TPSA) is 104 Å². The normalized spacial score (nSPS) is 11.3. The number of aromatic amines is 1. The summed E-state index contributed by atoms with van der Waals surface area (Å²) in [5, 5.41) is 3.71. The van der Waals surface area contributed by atoms with E-state index in [1.165, 1.54) is 12.1 Å². The minimum Gasteiger partial charge on any atom is -0.350 e. The van der Waals surface area contributed by atoms with Gasteiger partial charge >= 0.3 is 0 Å². The van der Waals surface area contributed by atoms with Gasteiger partial charge in [0, 0.05) is 35.5 Å². The number of aromatic nitrogens is 2. The summed E-state index contributed by atoms with van der Waals surface area (Å²) in [7, 11) is -3.63. The van der Waals surface area contributed by atoms with Crippen LogP contribution in [0.5, 0.6) is 0 Å². The molecule has 0 saturated carbocycles. The number of nitrogens with one attached hydrogen (secondary N) is 3. The van der Waals surface area contributed by atoms with Crippen LogP contribution in [0.2, 0.25) is 0 Å². The van der Waals surface area contributed by atoms with E-state index in [0.717, 1.165) is 16.5 Å². The first kappa shape index (κ1) is 18.7. The molecule has 0 aliphatic heterocycles. The molecule has 4 aromatic rings. The maximum Gasteiger partial charge on any atom is 0.267 e. The van der Waals surface area contributed by atoms with E-state index in [9.17, 15) is 13.2 Å². The van der Waals surface area contributed by atoms with Crippen LogP contribution >= 0.6 is 0 Å². The van der Waals surface area contributed by atoms with Crippen LogP contribution in [0.15, 0.2) is 84.0 Å². The minimum absolute atomic E-state index is 0.199. The van der Waals surface area contributed by atoms with Gasteiger partial charge in [-0.1, -0.05) is 30.3 Å². The molecule has 2 aromatic heterocycles. The van der Waals surface area contributed by atoms with Crippen molar-refractivity contribution in [2.45, 2.75) is 11.4 Å². The van der Waals surface area contributed by atoms with Gasteiger partial charge in [0.15, 0.2) is 0 Å². The van der Waals surface area contributed by atoms with Gasteiger partial charge in [-0.15, -0.1) is 0 Å². The predicted octanol–water partition coefficient (Wildman–Crippen LogP) is 3.29. The number of carbonyl (C=O) groups is 1. The van der Waals surface area contributed by atoms with Gasteiger partial charge in [-0.3, -0.25) is 14.5 Å². The quantitative estimate of drug-likeness (QED) is 0.457. The lowest BCUT2D eigenvalue weighted by Crippen LogP contribution is -2.23. The molecular formula is C21H18N4O3S. The third-order valence-electron chi connectivity index (χ3n) is 4.38. The van der Waals surface area contributed by atoms with Crippen molar-refractivity contribution in [2.75, 3.05) is 4.72 Å². The fourth-order valence-electron chi connectivity index (χ4n) is 2.88. The highest BCUT2D eigenvalue weighted by atomic mass is 32.2. The lowest BCUT2D eigenvalue weighted by molar-refractivity contribution is 0.0946. The Morgan fingerprint density at radius 1 is 1.00 bits per heavy atom. The van der Waals surface area contributed by atoms with Gasteiger partial charge < -0.3 is 10.3 Å². The molecule has 0 bridgehead atoms.